The van der Waals surface area contributed by atoms with Crippen molar-refractivity contribution in [3.05, 3.63) is 64.2 Å². The Kier molecular flexibility index (Phi) is 6.75. The molecule has 0 radical (unpaired) electrons. The molecular weight excluding hydrogens is 462 g/mol. The lowest BCUT2D eigenvalue weighted by molar-refractivity contribution is -0.138. The Balaban J connectivity index is 1.45. The summed E-state index contributed by atoms with van der Waals surface area (Å²) < 4.78 is 5.48. The Morgan fingerprint density at radius 1 is 1.06 bits per heavy atom. The van der Waals surface area contributed by atoms with Gasteiger partial charge in [0.05, 0.1) is 6.42 Å². The summed E-state index contributed by atoms with van der Waals surface area (Å²) in [6.45, 7) is 8.45. The summed E-state index contributed by atoms with van der Waals surface area (Å²) >= 11 is 0. The second-order valence-corrected chi connectivity index (χ2v) is 10.3. The number of aliphatic carboxylic acids is 1. The number of ether oxygens (including phenoxy) is 1. The smallest absolute Gasteiger partial charge is 0.410 e. The maximum atomic E-state index is 13.0. The summed E-state index contributed by atoms with van der Waals surface area (Å²) in [7, 11) is 0. The van der Waals surface area contributed by atoms with Crippen LogP contribution < -0.4 is 5.32 Å². The van der Waals surface area contributed by atoms with Gasteiger partial charge in [0, 0.05) is 42.5 Å². The lowest BCUT2D eigenvalue weighted by atomic mass is 9.97. The Morgan fingerprint density at radius 3 is 2.47 bits per heavy atom. The average Bonchev–Trinajstić information content (AvgIpc) is 3.13. The van der Waals surface area contributed by atoms with Gasteiger partial charge < -0.3 is 25.0 Å². The third kappa shape index (κ3) is 5.50. The average molecular weight is 494 g/mol. The number of carboxylic acids is 1. The lowest BCUT2D eigenvalue weighted by Crippen LogP contribution is -2.40. The molecule has 36 heavy (non-hydrogen) atoms. The number of benzene rings is 2. The van der Waals surface area contributed by atoms with Crippen molar-refractivity contribution >= 4 is 29.6 Å². The molecule has 0 aliphatic carbocycles. The fraction of sp³-hybridized carbons (Fsp3) is 0.407. The van der Waals surface area contributed by atoms with Crippen LogP contribution in [0.2, 0.25) is 0 Å². The van der Waals surface area contributed by atoms with E-state index in [0.29, 0.717) is 42.9 Å². The molecule has 0 bridgehead atoms. The van der Waals surface area contributed by atoms with Crippen molar-refractivity contribution in [2.24, 2.45) is 0 Å². The second kappa shape index (κ2) is 9.64. The van der Waals surface area contributed by atoms with Crippen LogP contribution in [0.3, 0.4) is 0 Å². The van der Waals surface area contributed by atoms with Gasteiger partial charge in [-0.25, -0.2) is 4.79 Å². The molecule has 190 valence electrons. The number of hydrogen-bond acceptors (Lipinski definition) is 5. The molecule has 9 heteroatoms. The van der Waals surface area contributed by atoms with Gasteiger partial charge in [0.2, 0.25) is 0 Å². The molecule has 4 rings (SSSR count). The molecule has 9 nitrogen and oxygen atoms in total. The molecule has 0 aromatic heterocycles. The fourth-order valence-electron chi connectivity index (χ4n) is 4.50. The van der Waals surface area contributed by atoms with Crippen LogP contribution in [-0.4, -0.2) is 57.0 Å². The van der Waals surface area contributed by atoms with Crippen LogP contribution in [0.5, 0.6) is 0 Å². The first kappa shape index (κ1) is 25.2. The first-order chi connectivity index (χ1) is 16.9. The van der Waals surface area contributed by atoms with E-state index in [1.807, 2.05) is 26.8 Å². The van der Waals surface area contributed by atoms with Crippen molar-refractivity contribution in [1.29, 1.82) is 0 Å². The van der Waals surface area contributed by atoms with Gasteiger partial charge >= 0.3 is 12.1 Å². The molecule has 0 fully saturated rings. The fourth-order valence-corrected chi connectivity index (χ4v) is 4.50. The molecule has 1 unspecified atom stereocenters. The molecule has 0 saturated carbocycles. The van der Waals surface area contributed by atoms with E-state index in [4.69, 9.17) is 9.84 Å². The van der Waals surface area contributed by atoms with E-state index in [1.165, 1.54) is 4.90 Å². The highest BCUT2D eigenvalue weighted by atomic mass is 16.6. The quantitative estimate of drug-likeness (QED) is 0.649. The zero-order valence-electron chi connectivity index (χ0n) is 21.0. The van der Waals surface area contributed by atoms with Crippen molar-refractivity contribution in [3.63, 3.8) is 0 Å². The summed E-state index contributed by atoms with van der Waals surface area (Å²) in [5.74, 6) is -1.53. The molecule has 2 aliphatic heterocycles. The van der Waals surface area contributed by atoms with E-state index in [9.17, 15) is 19.2 Å². The second-order valence-electron chi connectivity index (χ2n) is 10.3. The summed E-state index contributed by atoms with van der Waals surface area (Å²) in [6.07, 6.45) is 0.172. The van der Waals surface area contributed by atoms with Gasteiger partial charge in [-0.1, -0.05) is 12.1 Å². The van der Waals surface area contributed by atoms with Crippen molar-refractivity contribution in [3.8, 4) is 0 Å². The molecule has 2 aliphatic rings. The normalized spacial score (nSPS) is 15.7. The van der Waals surface area contributed by atoms with Gasteiger partial charge in [-0.3, -0.25) is 14.4 Å². The van der Waals surface area contributed by atoms with Crippen LogP contribution >= 0.6 is 0 Å². The highest BCUT2D eigenvalue weighted by Crippen LogP contribution is 2.29. The largest absolute Gasteiger partial charge is 0.481 e. The first-order valence-corrected chi connectivity index (χ1v) is 12.0. The first-order valence-electron chi connectivity index (χ1n) is 12.0. The topological polar surface area (TPSA) is 116 Å². The summed E-state index contributed by atoms with van der Waals surface area (Å²) in [6, 6.07) is 10.2. The van der Waals surface area contributed by atoms with E-state index in [0.717, 1.165) is 16.7 Å². The highest BCUT2D eigenvalue weighted by molar-refractivity contribution is 6.06. The van der Waals surface area contributed by atoms with Crippen LogP contribution in [0.4, 0.5) is 10.5 Å². The minimum Gasteiger partial charge on any atom is -0.481 e. The van der Waals surface area contributed by atoms with Crippen LogP contribution in [0.15, 0.2) is 36.4 Å². The lowest BCUT2D eigenvalue weighted by Gasteiger charge is -2.31. The Bertz CT molecular complexity index is 1230. The predicted molar refractivity (Wildman–Crippen MR) is 133 cm³/mol. The van der Waals surface area contributed by atoms with Gasteiger partial charge in [-0.2, -0.15) is 0 Å². The van der Waals surface area contributed by atoms with Crippen molar-refractivity contribution in [1.82, 2.24) is 9.80 Å². The predicted octanol–water partition coefficient (Wildman–Crippen LogP) is 4.05. The number of amides is 3. The summed E-state index contributed by atoms with van der Waals surface area (Å²) in [4.78, 5) is 52.5. The van der Waals surface area contributed by atoms with Crippen LogP contribution in [0.25, 0.3) is 0 Å². The number of nitrogens with one attached hydrogen (secondary N) is 1. The third-order valence-electron chi connectivity index (χ3n) is 6.33. The molecule has 2 aromatic rings. The minimum absolute atomic E-state index is 0.132. The Hall–Kier alpha value is -3.88. The maximum absolute atomic E-state index is 13.0. The van der Waals surface area contributed by atoms with Gasteiger partial charge in [0.1, 0.15) is 5.60 Å². The number of carbonyl (C=O) groups excluding carboxylic acids is 3. The Labute approximate surface area is 210 Å². The number of anilines is 1. The van der Waals surface area contributed by atoms with Crippen molar-refractivity contribution in [2.75, 3.05) is 11.9 Å². The van der Waals surface area contributed by atoms with Crippen molar-refractivity contribution < 1.29 is 29.0 Å². The monoisotopic (exact) mass is 493 g/mol. The minimum atomic E-state index is -0.960. The zero-order valence-corrected chi connectivity index (χ0v) is 21.0. The molecule has 2 aromatic carbocycles. The van der Waals surface area contributed by atoms with E-state index >= 15 is 0 Å². The van der Waals surface area contributed by atoms with Crippen molar-refractivity contribution in [2.45, 2.75) is 65.3 Å². The summed E-state index contributed by atoms with van der Waals surface area (Å²) in [5, 5.41) is 11.9. The van der Waals surface area contributed by atoms with E-state index in [2.05, 4.69) is 5.32 Å². The number of hydrogen-bond donors (Lipinski definition) is 2. The van der Waals surface area contributed by atoms with E-state index in [-0.39, 0.29) is 24.3 Å². The van der Waals surface area contributed by atoms with Crippen LogP contribution in [-0.2, 0) is 29.0 Å². The molecular formula is C27H31N3O6. The maximum Gasteiger partial charge on any atom is 0.410 e. The Morgan fingerprint density at radius 2 is 1.78 bits per heavy atom. The molecule has 3 amide bonds. The summed E-state index contributed by atoms with van der Waals surface area (Å²) in [5.41, 5.74) is 3.59. The number of carbonyl (C=O) groups is 4. The third-order valence-corrected chi connectivity index (χ3v) is 6.33. The molecule has 1 atom stereocenters. The number of rotatable bonds is 5. The standard InChI is InChI=1S/C27H31N3O6/c1-16(11-23(31)32)30-15-19-7-8-21(13-22(19)25(30)34)28-24(33)18-6-5-17-9-10-29(14-20(17)12-18)26(35)36-27(2,3)4/h5-8,12-13,16H,9-11,14-15H2,1-4H3,(H,28,33)(H,31,32). The highest BCUT2D eigenvalue weighted by Gasteiger charge is 2.32. The van der Waals surface area contributed by atoms with Gasteiger partial charge in [0.25, 0.3) is 11.8 Å². The number of nitrogens with zero attached hydrogens (tertiary/aromatic N) is 2. The van der Waals surface area contributed by atoms with Gasteiger partial charge in [-0.15, -0.1) is 0 Å². The molecule has 2 heterocycles. The van der Waals surface area contributed by atoms with Gasteiger partial charge in [0.15, 0.2) is 0 Å². The SMILES string of the molecule is CC(CC(=O)O)N1Cc2ccc(NC(=O)c3ccc4c(c3)CN(C(=O)OC(C)(C)C)CC4)cc2C1=O. The van der Waals surface area contributed by atoms with Crippen LogP contribution in [0.1, 0.15) is 71.5 Å². The zero-order chi connectivity index (χ0) is 26.2. The number of carboxylic acid groups (broad SMARTS) is 1. The number of fused-ring (bicyclic) bond motifs is 2. The van der Waals surface area contributed by atoms with Crippen LogP contribution in [0, 0.1) is 0 Å². The molecule has 2 N–H and O–H groups in total. The van der Waals surface area contributed by atoms with E-state index in [1.54, 1.807) is 42.2 Å². The molecule has 0 saturated heterocycles. The van der Waals surface area contributed by atoms with E-state index < -0.39 is 17.6 Å². The van der Waals surface area contributed by atoms with Gasteiger partial charge in [-0.05, 0) is 75.1 Å². The molecule has 0 spiro atoms.